The minimum atomic E-state index is 0.951. The number of fused-ring (bicyclic) bond motifs is 13. The molecule has 0 amide bonds. The molecule has 2 heterocycles. The Bertz CT molecular complexity index is 2540. The number of benzene rings is 7. The summed E-state index contributed by atoms with van der Waals surface area (Å²) in [6.45, 7) is 0. The van der Waals surface area contributed by atoms with Gasteiger partial charge in [-0.05, 0) is 62.5 Å². The largest absolute Gasteiger partial charge is 0.455 e. The Morgan fingerprint density at radius 3 is 2.10 bits per heavy atom. The van der Waals surface area contributed by atoms with E-state index >= 15 is 0 Å². The second kappa shape index (κ2) is 7.38. The van der Waals surface area contributed by atoms with E-state index in [-0.39, 0.29) is 0 Å². The van der Waals surface area contributed by atoms with Gasteiger partial charge in [-0.1, -0.05) is 97.1 Å². The average molecular weight is 525 g/mol. The topological polar surface area (TPSA) is 13.1 Å². The van der Waals surface area contributed by atoms with Crippen molar-refractivity contribution < 1.29 is 4.42 Å². The molecular weight excluding hydrogens is 504 g/mol. The van der Waals surface area contributed by atoms with E-state index in [2.05, 4.69) is 115 Å². The van der Waals surface area contributed by atoms with E-state index in [0.717, 1.165) is 11.3 Å². The first kappa shape index (κ1) is 21.0. The van der Waals surface area contributed by atoms with Crippen LogP contribution in [0.5, 0.6) is 0 Å². The highest BCUT2D eigenvalue weighted by atomic mass is 32.1. The average Bonchev–Trinajstić information content (AvgIpc) is 3.68. The van der Waals surface area contributed by atoms with Gasteiger partial charge in [0.2, 0.25) is 0 Å². The molecular formula is C38H20OS. The molecule has 0 radical (unpaired) electrons. The number of hydrogen-bond donors (Lipinski definition) is 0. The first-order valence-corrected chi connectivity index (χ1v) is 14.5. The van der Waals surface area contributed by atoms with Crippen LogP contribution < -0.4 is 0 Å². The van der Waals surface area contributed by atoms with Crippen LogP contribution in [0.1, 0.15) is 0 Å². The zero-order valence-corrected chi connectivity index (χ0v) is 22.2. The molecule has 184 valence electrons. The van der Waals surface area contributed by atoms with Gasteiger partial charge < -0.3 is 4.42 Å². The van der Waals surface area contributed by atoms with Crippen molar-refractivity contribution in [1.29, 1.82) is 0 Å². The first-order chi connectivity index (χ1) is 19.8. The van der Waals surface area contributed by atoms with Gasteiger partial charge in [-0.3, -0.25) is 0 Å². The van der Waals surface area contributed by atoms with E-state index in [1.54, 1.807) is 0 Å². The Balaban J connectivity index is 1.26. The lowest BCUT2D eigenvalue weighted by Crippen LogP contribution is -1.83. The van der Waals surface area contributed by atoms with E-state index in [4.69, 9.17) is 4.42 Å². The molecule has 2 heteroatoms. The minimum absolute atomic E-state index is 0.951. The third-order valence-electron chi connectivity index (χ3n) is 8.77. The van der Waals surface area contributed by atoms with E-state index in [1.807, 2.05) is 17.4 Å². The molecule has 0 spiro atoms. The Hall–Kier alpha value is -4.92. The summed E-state index contributed by atoms with van der Waals surface area (Å²) in [5.74, 6) is 0.998. The summed E-state index contributed by atoms with van der Waals surface area (Å²) < 4.78 is 9.09. The summed E-state index contributed by atoms with van der Waals surface area (Å²) in [5, 5.41) is 11.8. The molecule has 0 aliphatic heterocycles. The number of para-hydroxylation sites is 1. The van der Waals surface area contributed by atoms with E-state index in [1.165, 1.54) is 85.7 Å². The summed E-state index contributed by atoms with van der Waals surface area (Å²) in [7, 11) is 0. The molecule has 2 aromatic heterocycles. The number of hydrogen-bond acceptors (Lipinski definition) is 2. The predicted octanol–water partition coefficient (Wildman–Crippen LogP) is 11.6. The van der Waals surface area contributed by atoms with E-state index < -0.39 is 0 Å². The maximum atomic E-state index is 6.39. The second-order valence-electron chi connectivity index (χ2n) is 10.8. The quantitative estimate of drug-likeness (QED) is 0.195. The summed E-state index contributed by atoms with van der Waals surface area (Å²) in [6.07, 6.45) is 0. The molecule has 7 aromatic carbocycles. The summed E-state index contributed by atoms with van der Waals surface area (Å²) in [6, 6.07) is 44.4. The zero-order valence-electron chi connectivity index (χ0n) is 21.4. The minimum Gasteiger partial charge on any atom is -0.455 e. The smallest absolute Gasteiger partial charge is 0.143 e. The third-order valence-corrected chi connectivity index (χ3v) is 9.95. The van der Waals surface area contributed by atoms with Crippen LogP contribution in [0.15, 0.2) is 126 Å². The van der Waals surface area contributed by atoms with Gasteiger partial charge in [0.15, 0.2) is 0 Å². The molecule has 1 nitrogen and oxygen atoms in total. The van der Waals surface area contributed by atoms with Crippen molar-refractivity contribution in [3.8, 4) is 33.6 Å². The van der Waals surface area contributed by atoms with Crippen molar-refractivity contribution in [2.45, 2.75) is 0 Å². The third kappa shape index (κ3) is 2.57. The van der Waals surface area contributed by atoms with Crippen molar-refractivity contribution in [3.63, 3.8) is 0 Å². The Labute approximate surface area is 233 Å². The standard InChI is InChI=1S/C38H20OS/c1-3-11-26-24(9-1)25-10-2-4-12-27(25)38-36(26)29-17-16-21(20-33(29)40-38)23-18-22-8-7-14-30-34(22)31(19-23)35-28-13-5-6-15-32(28)39-37(30)35/h1-20H. The highest BCUT2D eigenvalue weighted by Crippen LogP contribution is 2.53. The van der Waals surface area contributed by atoms with Crippen LogP contribution in [0.4, 0.5) is 0 Å². The first-order valence-electron chi connectivity index (χ1n) is 13.7. The van der Waals surface area contributed by atoms with Crippen LogP contribution >= 0.6 is 11.3 Å². The highest BCUT2D eigenvalue weighted by molar-refractivity contribution is 7.27. The van der Waals surface area contributed by atoms with Crippen LogP contribution in [0.2, 0.25) is 0 Å². The lowest BCUT2D eigenvalue weighted by Gasteiger charge is -2.09. The fourth-order valence-electron chi connectivity index (χ4n) is 7.07. The van der Waals surface area contributed by atoms with Gasteiger partial charge in [0.05, 0.1) is 0 Å². The van der Waals surface area contributed by atoms with Gasteiger partial charge in [0.1, 0.15) is 11.3 Å². The predicted molar refractivity (Wildman–Crippen MR) is 171 cm³/mol. The maximum absolute atomic E-state index is 6.39. The van der Waals surface area contributed by atoms with Gasteiger partial charge in [-0.25, -0.2) is 0 Å². The lowest BCUT2D eigenvalue weighted by molar-refractivity contribution is 0.634. The lowest BCUT2D eigenvalue weighted by atomic mass is 9.94. The number of furan rings is 1. The van der Waals surface area contributed by atoms with Gasteiger partial charge >= 0.3 is 0 Å². The molecule has 0 bridgehead atoms. The van der Waals surface area contributed by atoms with Gasteiger partial charge in [-0.2, -0.15) is 0 Å². The zero-order chi connectivity index (χ0) is 25.9. The fourth-order valence-corrected chi connectivity index (χ4v) is 8.36. The van der Waals surface area contributed by atoms with E-state index in [0.29, 0.717) is 0 Å². The fraction of sp³-hybridized carbons (Fsp3) is 0. The molecule has 0 saturated carbocycles. The second-order valence-corrected chi connectivity index (χ2v) is 11.9. The van der Waals surface area contributed by atoms with Crippen LogP contribution in [0.25, 0.3) is 97.0 Å². The molecule has 0 fully saturated rings. The van der Waals surface area contributed by atoms with Crippen molar-refractivity contribution in [3.05, 3.63) is 121 Å². The summed E-state index contributed by atoms with van der Waals surface area (Å²) in [5.41, 5.74) is 7.14. The number of thiophene rings is 1. The van der Waals surface area contributed by atoms with Crippen LogP contribution in [-0.2, 0) is 0 Å². The molecule has 1 aliphatic carbocycles. The maximum Gasteiger partial charge on any atom is 0.143 e. The summed E-state index contributed by atoms with van der Waals surface area (Å²) in [4.78, 5) is 0. The molecule has 0 saturated heterocycles. The molecule has 0 N–H and O–H groups in total. The molecule has 10 rings (SSSR count). The molecule has 40 heavy (non-hydrogen) atoms. The van der Waals surface area contributed by atoms with Crippen LogP contribution in [0.3, 0.4) is 0 Å². The molecule has 1 aliphatic rings. The van der Waals surface area contributed by atoms with Crippen molar-refractivity contribution in [1.82, 2.24) is 0 Å². The van der Waals surface area contributed by atoms with Crippen LogP contribution in [-0.4, -0.2) is 0 Å². The van der Waals surface area contributed by atoms with E-state index in [9.17, 15) is 0 Å². The Morgan fingerprint density at radius 1 is 0.475 bits per heavy atom. The molecule has 9 aromatic rings. The molecule has 0 unspecified atom stereocenters. The van der Waals surface area contributed by atoms with Crippen molar-refractivity contribution in [2.75, 3.05) is 0 Å². The van der Waals surface area contributed by atoms with Gasteiger partial charge in [-0.15, -0.1) is 11.3 Å². The monoisotopic (exact) mass is 524 g/mol. The van der Waals surface area contributed by atoms with Gasteiger partial charge in [0, 0.05) is 47.5 Å². The number of rotatable bonds is 1. The Kier molecular flexibility index (Phi) is 3.87. The highest BCUT2D eigenvalue weighted by Gasteiger charge is 2.28. The van der Waals surface area contributed by atoms with Crippen molar-refractivity contribution in [2.24, 2.45) is 0 Å². The Morgan fingerprint density at radius 2 is 1.23 bits per heavy atom. The van der Waals surface area contributed by atoms with Gasteiger partial charge in [0.25, 0.3) is 0 Å². The SMILES string of the molecule is c1cc2c3c(cc(-c4ccc5c(c4)sc4c6ccccc6c6ccccc6c54)cc3c1)-c1c-2oc2ccccc12. The normalized spacial score (nSPS) is 12.5. The molecule has 0 atom stereocenters. The van der Waals surface area contributed by atoms with Crippen molar-refractivity contribution >= 4 is 74.8 Å². The summed E-state index contributed by atoms with van der Waals surface area (Å²) >= 11 is 1.92. The van der Waals surface area contributed by atoms with Crippen LogP contribution in [0, 0.1) is 0 Å².